The summed E-state index contributed by atoms with van der Waals surface area (Å²) in [5.41, 5.74) is 0. The zero-order chi connectivity index (χ0) is 11.2. The van der Waals surface area contributed by atoms with Crippen LogP contribution in [0, 0.1) is 0 Å². The van der Waals surface area contributed by atoms with Crippen molar-refractivity contribution in [3.63, 3.8) is 0 Å². The van der Waals surface area contributed by atoms with Crippen molar-refractivity contribution in [2.45, 2.75) is 25.3 Å². The van der Waals surface area contributed by atoms with Crippen LogP contribution in [0.5, 0.6) is 0 Å². The molecule has 1 N–H and O–H groups in total. The normalized spacial score (nSPS) is 28.7. The van der Waals surface area contributed by atoms with Crippen LogP contribution in [-0.2, 0) is 4.74 Å². The van der Waals surface area contributed by atoms with Gasteiger partial charge in [-0.1, -0.05) is 0 Å². The molecule has 2 heterocycles. The van der Waals surface area contributed by atoms with E-state index in [4.69, 9.17) is 9.84 Å². The van der Waals surface area contributed by atoms with Gasteiger partial charge in [0.2, 0.25) is 0 Å². The van der Waals surface area contributed by atoms with Gasteiger partial charge in [0, 0.05) is 38.8 Å². The van der Waals surface area contributed by atoms with Crippen LogP contribution in [0.3, 0.4) is 0 Å². The molecule has 4 heteroatoms. The monoisotopic (exact) mass is 228 g/mol. The molecule has 0 bridgehead atoms. The molecule has 0 radical (unpaired) electrons. The Labute approximate surface area is 98.2 Å². The molecule has 0 amide bonds. The largest absolute Gasteiger partial charge is 0.396 e. The molecule has 2 aliphatic rings. The molecule has 0 aromatic rings. The van der Waals surface area contributed by atoms with E-state index >= 15 is 0 Å². The highest BCUT2D eigenvalue weighted by molar-refractivity contribution is 4.79. The van der Waals surface area contributed by atoms with Crippen LogP contribution in [0.1, 0.15) is 19.3 Å². The van der Waals surface area contributed by atoms with Gasteiger partial charge in [-0.15, -0.1) is 0 Å². The minimum Gasteiger partial charge on any atom is -0.396 e. The quantitative estimate of drug-likeness (QED) is 0.727. The second-order valence-corrected chi connectivity index (χ2v) is 4.80. The second-order valence-electron chi connectivity index (χ2n) is 4.80. The first-order valence-electron chi connectivity index (χ1n) is 6.55. The summed E-state index contributed by atoms with van der Waals surface area (Å²) in [5.74, 6) is 0. The van der Waals surface area contributed by atoms with Crippen molar-refractivity contribution in [3.8, 4) is 0 Å². The summed E-state index contributed by atoms with van der Waals surface area (Å²) in [6.45, 7) is 7.81. The third kappa shape index (κ3) is 3.42. The Morgan fingerprint density at radius 3 is 2.69 bits per heavy atom. The number of aliphatic hydroxyl groups is 1. The molecule has 0 aliphatic carbocycles. The van der Waals surface area contributed by atoms with Crippen molar-refractivity contribution in [1.29, 1.82) is 0 Å². The molecular formula is C12H24N2O2. The maximum absolute atomic E-state index is 9.01. The molecule has 0 aromatic carbocycles. The van der Waals surface area contributed by atoms with Gasteiger partial charge < -0.3 is 9.84 Å². The molecule has 2 saturated heterocycles. The van der Waals surface area contributed by atoms with E-state index in [-0.39, 0.29) is 0 Å². The molecular weight excluding hydrogens is 204 g/mol. The van der Waals surface area contributed by atoms with E-state index in [1.54, 1.807) is 0 Å². The average Bonchev–Trinajstić information content (AvgIpc) is 2.76. The van der Waals surface area contributed by atoms with E-state index in [2.05, 4.69) is 9.80 Å². The maximum atomic E-state index is 9.01. The highest BCUT2D eigenvalue weighted by Gasteiger charge is 2.24. The van der Waals surface area contributed by atoms with Crippen molar-refractivity contribution in [3.05, 3.63) is 0 Å². The van der Waals surface area contributed by atoms with Crippen molar-refractivity contribution in [2.24, 2.45) is 0 Å². The summed E-state index contributed by atoms with van der Waals surface area (Å²) in [5, 5.41) is 9.01. The van der Waals surface area contributed by atoms with Crippen LogP contribution < -0.4 is 0 Å². The van der Waals surface area contributed by atoms with Crippen LogP contribution in [-0.4, -0.2) is 73.5 Å². The van der Waals surface area contributed by atoms with E-state index in [9.17, 15) is 0 Å². The predicted molar refractivity (Wildman–Crippen MR) is 63.6 cm³/mol. The lowest BCUT2D eigenvalue weighted by atomic mass is 10.1. The minimum absolute atomic E-state index is 0.332. The van der Waals surface area contributed by atoms with Gasteiger partial charge in [-0.2, -0.15) is 0 Å². The molecule has 94 valence electrons. The van der Waals surface area contributed by atoms with Crippen molar-refractivity contribution < 1.29 is 9.84 Å². The van der Waals surface area contributed by atoms with Gasteiger partial charge in [-0.3, -0.25) is 9.80 Å². The zero-order valence-electron chi connectivity index (χ0n) is 10.1. The van der Waals surface area contributed by atoms with Crippen LogP contribution >= 0.6 is 0 Å². The summed E-state index contributed by atoms with van der Waals surface area (Å²) < 4.78 is 5.34. The first-order chi connectivity index (χ1) is 7.90. The van der Waals surface area contributed by atoms with E-state index in [1.165, 1.54) is 19.4 Å². The van der Waals surface area contributed by atoms with Gasteiger partial charge in [-0.25, -0.2) is 0 Å². The van der Waals surface area contributed by atoms with Gasteiger partial charge >= 0.3 is 0 Å². The highest BCUT2D eigenvalue weighted by Crippen LogP contribution is 2.19. The Balaban J connectivity index is 1.67. The highest BCUT2D eigenvalue weighted by atomic mass is 16.5. The third-order valence-electron chi connectivity index (χ3n) is 3.77. The predicted octanol–water partition coefficient (Wildman–Crippen LogP) is 0.165. The number of nitrogens with zero attached hydrogens (tertiary/aromatic N) is 2. The number of hydrogen-bond acceptors (Lipinski definition) is 4. The van der Waals surface area contributed by atoms with Crippen LogP contribution in [0.2, 0.25) is 0 Å². The van der Waals surface area contributed by atoms with Gasteiger partial charge in [0.05, 0.1) is 13.2 Å². The van der Waals surface area contributed by atoms with Crippen LogP contribution in [0.25, 0.3) is 0 Å². The number of morpholine rings is 1. The SMILES string of the molecule is OCCC1CCCN1CCN1CCOCC1. The zero-order valence-corrected chi connectivity index (χ0v) is 10.1. The van der Waals surface area contributed by atoms with E-state index < -0.39 is 0 Å². The van der Waals surface area contributed by atoms with E-state index in [1.807, 2.05) is 0 Å². The maximum Gasteiger partial charge on any atom is 0.0594 e. The van der Waals surface area contributed by atoms with Gasteiger partial charge in [0.25, 0.3) is 0 Å². The van der Waals surface area contributed by atoms with Gasteiger partial charge in [0.1, 0.15) is 0 Å². The molecule has 16 heavy (non-hydrogen) atoms. The molecule has 2 rings (SSSR count). The molecule has 0 spiro atoms. The number of hydrogen-bond donors (Lipinski definition) is 1. The lowest BCUT2D eigenvalue weighted by Crippen LogP contribution is -2.42. The molecule has 1 atom stereocenters. The topological polar surface area (TPSA) is 35.9 Å². The fourth-order valence-electron chi connectivity index (χ4n) is 2.76. The lowest BCUT2D eigenvalue weighted by Gasteiger charge is -2.30. The Kier molecular flexibility index (Phi) is 5.03. The fourth-order valence-corrected chi connectivity index (χ4v) is 2.76. The Morgan fingerprint density at radius 1 is 1.12 bits per heavy atom. The summed E-state index contributed by atoms with van der Waals surface area (Å²) in [7, 11) is 0. The van der Waals surface area contributed by atoms with Crippen molar-refractivity contribution >= 4 is 0 Å². The molecule has 0 aromatic heterocycles. The number of likely N-dealkylation sites (tertiary alicyclic amines) is 1. The molecule has 0 saturated carbocycles. The summed E-state index contributed by atoms with van der Waals surface area (Å²) in [6.07, 6.45) is 3.51. The Hall–Kier alpha value is -0.160. The molecule has 2 fully saturated rings. The first-order valence-corrected chi connectivity index (χ1v) is 6.55. The minimum atomic E-state index is 0.332. The van der Waals surface area contributed by atoms with Gasteiger partial charge in [0.15, 0.2) is 0 Å². The van der Waals surface area contributed by atoms with E-state index in [0.717, 1.165) is 45.8 Å². The summed E-state index contributed by atoms with van der Waals surface area (Å²) in [4.78, 5) is 5.03. The summed E-state index contributed by atoms with van der Waals surface area (Å²) >= 11 is 0. The van der Waals surface area contributed by atoms with Crippen molar-refractivity contribution in [1.82, 2.24) is 9.80 Å². The van der Waals surface area contributed by atoms with Crippen LogP contribution in [0.15, 0.2) is 0 Å². The molecule has 1 unspecified atom stereocenters. The smallest absolute Gasteiger partial charge is 0.0594 e. The Bertz CT molecular complexity index is 195. The number of aliphatic hydroxyl groups excluding tert-OH is 1. The standard InChI is InChI=1S/C12H24N2O2/c15-9-3-12-2-1-4-14(12)6-5-13-7-10-16-11-8-13/h12,15H,1-11H2. The second kappa shape index (κ2) is 6.55. The molecule has 2 aliphatic heterocycles. The number of ether oxygens (including phenoxy) is 1. The lowest BCUT2D eigenvalue weighted by molar-refractivity contribution is 0.0322. The third-order valence-corrected chi connectivity index (χ3v) is 3.77. The van der Waals surface area contributed by atoms with Crippen molar-refractivity contribution in [2.75, 3.05) is 52.5 Å². The average molecular weight is 228 g/mol. The summed E-state index contributed by atoms with van der Waals surface area (Å²) in [6, 6.07) is 0.631. The van der Waals surface area contributed by atoms with Gasteiger partial charge in [-0.05, 0) is 25.8 Å². The first kappa shape index (κ1) is 12.3. The molecule has 4 nitrogen and oxygen atoms in total. The number of rotatable bonds is 5. The fraction of sp³-hybridized carbons (Fsp3) is 1.00. The van der Waals surface area contributed by atoms with Crippen LogP contribution in [0.4, 0.5) is 0 Å². The van der Waals surface area contributed by atoms with E-state index in [0.29, 0.717) is 12.6 Å². The Morgan fingerprint density at radius 2 is 1.94 bits per heavy atom.